The molecule has 0 radical (unpaired) electrons. The number of hydrogen-bond donors (Lipinski definition) is 1. The molecule has 3 nitrogen and oxygen atoms in total. The number of nitrogens with one attached hydrogen (secondary N) is 1. The summed E-state index contributed by atoms with van der Waals surface area (Å²) in [7, 11) is 0. The first-order chi connectivity index (χ1) is 8.29. The Morgan fingerprint density at radius 3 is 2.44 bits per heavy atom. The third kappa shape index (κ3) is 5.38. The molecule has 0 bridgehead atoms. The van der Waals surface area contributed by atoms with Gasteiger partial charge in [0.1, 0.15) is 0 Å². The van der Waals surface area contributed by atoms with E-state index in [-0.39, 0.29) is 5.41 Å². The van der Waals surface area contributed by atoms with E-state index >= 15 is 0 Å². The summed E-state index contributed by atoms with van der Waals surface area (Å²) in [6.45, 7) is 12.6. The zero-order chi connectivity index (χ0) is 13.8. The maximum absolute atomic E-state index is 12.4. The average molecular weight is 254 g/mol. The molecule has 1 heterocycles. The van der Waals surface area contributed by atoms with Crippen LogP contribution in [0.3, 0.4) is 0 Å². The summed E-state index contributed by atoms with van der Waals surface area (Å²) in [5.41, 5.74) is 0.0736. The second-order valence-electron chi connectivity index (χ2n) is 7.02. The number of piperidine rings is 1. The van der Waals surface area contributed by atoms with Gasteiger partial charge in [-0.25, -0.2) is 0 Å². The lowest BCUT2D eigenvalue weighted by Crippen LogP contribution is -2.48. The molecular weight excluding hydrogens is 224 g/mol. The molecular formula is C15H30N2O. The molecule has 1 aliphatic heterocycles. The maximum atomic E-state index is 12.4. The van der Waals surface area contributed by atoms with Gasteiger partial charge in [0.15, 0.2) is 0 Å². The summed E-state index contributed by atoms with van der Waals surface area (Å²) >= 11 is 0. The van der Waals surface area contributed by atoms with Crippen molar-refractivity contribution >= 4 is 5.91 Å². The summed E-state index contributed by atoms with van der Waals surface area (Å²) in [6, 6.07) is 0.786. The van der Waals surface area contributed by atoms with Crippen LogP contribution >= 0.6 is 0 Å². The van der Waals surface area contributed by atoms with E-state index in [4.69, 9.17) is 0 Å². The first-order valence-corrected chi connectivity index (χ1v) is 7.32. The molecule has 18 heavy (non-hydrogen) atoms. The van der Waals surface area contributed by atoms with Crippen LogP contribution in [0.15, 0.2) is 0 Å². The van der Waals surface area contributed by atoms with Crippen molar-refractivity contribution in [1.82, 2.24) is 10.2 Å². The quantitative estimate of drug-likeness (QED) is 0.836. The molecule has 0 aromatic rings. The van der Waals surface area contributed by atoms with Crippen molar-refractivity contribution in [2.24, 2.45) is 5.41 Å². The Hall–Kier alpha value is -0.570. The molecule has 1 aliphatic rings. The first-order valence-electron chi connectivity index (χ1n) is 7.32. The number of nitrogens with zero attached hydrogens (tertiary/aromatic N) is 1. The highest BCUT2D eigenvalue weighted by molar-refractivity contribution is 5.77. The van der Waals surface area contributed by atoms with Gasteiger partial charge in [0.2, 0.25) is 5.91 Å². The molecule has 106 valence electrons. The Morgan fingerprint density at radius 1 is 1.33 bits per heavy atom. The zero-order valence-corrected chi connectivity index (χ0v) is 12.8. The van der Waals surface area contributed by atoms with E-state index in [1.165, 1.54) is 19.3 Å². The zero-order valence-electron chi connectivity index (χ0n) is 12.8. The first kappa shape index (κ1) is 15.5. The van der Waals surface area contributed by atoms with Crippen LogP contribution in [0.5, 0.6) is 0 Å². The van der Waals surface area contributed by atoms with Crippen molar-refractivity contribution in [3.8, 4) is 0 Å². The van der Waals surface area contributed by atoms with Crippen molar-refractivity contribution in [2.45, 2.75) is 72.4 Å². The van der Waals surface area contributed by atoms with Crippen LogP contribution in [0.25, 0.3) is 0 Å². The molecule has 1 unspecified atom stereocenters. The minimum absolute atomic E-state index is 0.0736. The molecule has 0 saturated carbocycles. The molecule has 1 saturated heterocycles. The fraction of sp³-hybridized carbons (Fsp3) is 0.933. The van der Waals surface area contributed by atoms with Crippen LogP contribution in [-0.4, -0.2) is 36.0 Å². The Bertz CT molecular complexity index is 262. The lowest BCUT2D eigenvalue weighted by atomic mass is 9.91. The summed E-state index contributed by atoms with van der Waals surface area (Å²) in [4.78, 5) is 14.4. The van der Waals surface area contributed by atoms with Gasteiger partial charge in [0.25, 0.3) is 0 Å². The van der Waals surface area contributed by atoms with Gasteiger partial charge in [-0.2, -0.15) is 0 Å². The molecule has 1 amide bonds. The monoisotopic (exact) mass is 254 g/mol. The van der Waals surface area contributed by atoms with E-state index in [0.29, 0.717) is 24.4 Å². The van der Waals surface area contributed by atoms with E-state index in [1.54, 1.807) is 0 Å². The molecule has 0 aromatic carbocycles. The molecule has 1 fully saturated rings. The summed E-state index contributed by atoms with van der Waals surface area (Å²) in [5.74, 6) is 0.296. The van der Waals surface area contributed by atoms with Crippen molar-refractivity contribution in [3.63, 3.8) is 0 Å². The Labute approximate surface area is 112 Å². The highest BCUT2D eigenvalue weighted by atomic mass is 16.2. The van der Waals surface area contributed by atoms with Gasteiger partial charge in [-0.05, 0) is 38.6 Å². The lowest BCUT2D eigenvalue weighted by Gasteiger charge is -2.34. The number of carbonyl (C=O) groups is 1. The van der Waals surface area contributed by atoms with E-state index in [1.807, 2.05) is 4.90 Å². The third-order valence-electron chi connectivity index (χ3n) is 3.45. The van der Waals surface area contributed by atoms with Crippen molar-refractivity contribution in [1.29, 1.82) is 0 Å². The highest BCUT2D eigenvalue weighted by Gasteiger charge is 2.25. The van der Waals surface area contributed by atoms with Crippen LogP contribution in [-0.2, 0) is 4.79 Å². The Balaban J connectivity index is 2.55. The SMILES string of the molecule is CC(C)N(CC1CCCCN1)C(=O)CC(C)(C)C. The van der Waals surface area contributed by atoms with Gasteiger partial charge in [-0.15, -0.1) is 0 Å². The van der Waals surface area contributed by atoms with E-state index in [2.05, 4.69) is 39.9 Å². The number of carbonyl (C=O) groups excluding carboxylic acids is 1. The number of amides is 1. The van der Waals surface area contributed by atoms with Crippen molar-refractivity contribution in [3.05, 3.63) is 0 Å². The van der Waals surface area contributed by atoms with Crippen LogP contribution in [0, 0.1) is 5.41 Å². The highest BCUT2D eigenvalue weighted by Crippen LogP contribution is 2.21. The molecule has 0 aromatic heterocycles. The standard InChI is InChI=1S/C15H30N2O/c1-12(2)17(14(18)10-15(3,4)5)11-13-8-6-7-9-16-13/h12-13,16H,6-11H2,1-5H3. The van der Waals surface area contributed by atoms with E-state index < -0.39 is 0 Å². The van der Waals surface area contributed by atoms with Crippen molar-refractivity contribution in [2.75, 3.05) is 13.1 Å². The van der Waals surface area contributed by atoms with Crippen molar-refractivity contribution < 1.29 is 4.79 Å². The van der Waals surface area contributed by atoms with Crippen LogP contribution in [0.2, 0.25) is 0 Å². The normalized spacial score (nSPS) is 21.1. The van der Waals surface area contributed by atoms with E-state index in [9.17, 15) is 4.79 Å². The van der Waals surface area contributed by atoms with Gasteiger partial charge in [-0.1, -0.05) is 27.2 Å². The van der Waals surface area contributed by atoms with Gasteiger partial charge in [0, 0.05) is 25.0 Å². The predicted molar refractivity (Wildman–Crippen MR) is 76.6 cm³/mol. The Kier molecular flexibility index (Phi) is 5.64. The number of rotatable bonds is 4. The molecule has 3 heteroatoms. The summed E-state index contributed by atoms with van der Waals surface area (Å²) in [6.07, 6.45) is 4.40. The molecule has 0 spiro atoms. The predicted octanol–water partition coefficient (Wildman–Crippen LogP) is 2.80. The fourth-order valence-electron chi connectivity index (χ4n) is 2.47. The topological polar surface area (TPSA) is 32.3 Å². The third-order valence-corrected chi connectivity index (χ3v) is 3.45. The maximum Gasteiger partial charge on any atom is 0.223 e. The lowest BCUT2D eigenvalue weighted by molar-refractivity contribution is -0.135. The summed E-state index contributed by atoms with van der Waals surface area (Å²) < 4.78 is 0. The minimum Gasteiger partial charge on any atom is -0.339 e. The van der Waals surface area contributed by atoms with Crippen LogP contribution in [0.1, 0.15) is 60.3 Å². The van der Waals surface area contributed by atoms with Crippen LogP contribution < -0.4 is 5.32 Å². The van der Waals surface area contributed by atoms with Crippen LogP contribution in [0.4, 0.5) is 0 Å². The second kappa shape index (κ2) is 6.55. The number of hydrogen-bond acceptors (Lipinski definition) is 2. The molecule has 1 atom stereocenters. The minimum atomic E-state index is 0.0736. The van der Waals surface area contributed by atoms with Gasteiger partial charge in [-0.3, -0.25) is 4.79 Å². The molecule has 1 N–H and O–H groups in total. The molecule has 0 aliphatic carbocycles. The van der Waals surface area contributed by atoms with Gasteiger partial charge in [0.05, 0.1) is 0 Å². The van der Waals surface area contributed by atoms with Gasteiger partial charge < -0.3 is 10.2 Å². The van der Waals surface area contributed by atoms with E-state index in [0.717, 1.165) is 13.1 Å². The molecule has 1 rings (SSSR count). The van der Waals surface area contributed by atoms with Gasteiger partial charge >= 0.3 is 0 Å². The average Bonchev–Trinajstić information content (AvgIpc) is 2.24. The fourth-order valence-corrected chi connectivity index (χ4v) is 2.47. The largest absolute Gasteiger partial charge is 0.339 e. The second-order valence-corrected chi connectivity index (χ2v) is 7.02. The smallest absolute Gasteiger partial charge is 0.223 e. The summed E-state index contributed by atoms with van der Waals surface area (Å²) in [5, 5.41) is 3.53. The Morgan fingerprint density at radius 2 is 2.00 bits per heavy atom.